The van der Waals surface area contributed by atoms with Gasteiger partial charge in [-0.1, -0.05) is 72.8 Å². The molecule has 1 unspecified atom stereocenters. The summed E-state index contributed by atoms with van der Waals surface area (Å²) in [5.41, 5.74) is 5.90. The standard InChI is InChI=1S/C27H25F3N2O4.C22H22F3NO4/c28-27(29,30)35-23-10-6-18(7-11-23)20-2-1-3-21(16-20)24-17-26(12-14-31-15-13-26)36-25(24)19-4-8-22(9-5-19)32(33)34;23-22(24,25)30-19-6-4-15(5-7-19)16-2-1-3-17(12-16)18-13-21(29-14-18)8-10-26(11-9-21)20(27)28/h1-11,16,24-25,31H,12-15,17H2;1-7,12,18H,8-11,13-14H2,(H,27,28)/t24-,25?;18-/m10/s1. The van der Waals surface area contributed by atoms with Gasteiger partial charge in [-0.05, 0) is 127 Å². The number of nitrogens with zero attached hydrogens (tertiary/aromatic N) is 2. The highest BCUT2D eigenvalue weighted by Gasteiger charge is 2.48. The first kappa shape index (κ1) is 46.4. The van der Waals surface area contributed by atoms with Crippen LogP contribution in [0, 0.1) is 10.1 Å². The summed E-state index contributed by atoms with van der Waals surface area (Å²) in [5, 5.41) is 23.6. The third kappa shape index (κ3) is 11.3. The number of carboxylic acid groups (broad SMARTS) is 1. The maximum Gasteiger partial charge on any atom is 0.573 e. The Labute approximate surface area is 376 Å². The molecule has 4 aliphatic heterocycles. The minimum Gasteiger partial charge on any atom is -0.465 e. The minimum atomic E-state index is -4.73. The Bertz CT molecular complexity index is 2470. The molecule has 1 amide bonds. The number of nitrogens with one attached hydrogen (secondary N) is 1. The van der Waals surface area contributed by atoms with Crippen LogP contribution in [-0.2, 0) is 9.47 Å². The molecule has 5 aromatic rings. The molecule has 0 aliphatic carbocycles. The molecule has 17 heteroatoms. The van der Waals surface area contributed by atoms with Crippen molar-refractivity contribution in [1.29, 1.82) is 0 Å². The van der Waals surface area contributed by atoms with E-state index in [4.69, 9.17) is 14.6 Å². The van der Waals surface area contributed by atoms with Crippen molar-refractivity contribution in [3.8, 4) is 33.8 Å². The summed E-state index contributed by atoms with van der Waals surface area (Å²) in [6, 6.07) is 34.0. The van der Waals surface area contributed by atoms with Gasteiger partial charge in [0.15, 0.2) is 0 Å². The number of non-ortho nitro benzene ring substituents is 1. The third-order valence-electron chi connectivity index (χ3n) is 13.0. The van der Waals surface area contributed by atoms with Crippen LogP contribution in [0.25, 0.3) is 22.3 Å². The number of halogens is 6. The van der Waals surface area contributed by atoms with E-state index in [1.807, 2.05) is 48.5 Å². The summed E-state index contributed by atoms with van der Waals surface area (Å²) in [4.78, 5) is 23.3. The lowest BCUT2D eigenvalue weighted by molar-refractivity contribution is -0.384. The van der Waals surface area contributed by atoms with Gasteiger partial charge in [0.25, 0.3) is 5.69 Å². The summed E-state index contributed by atoms with van der Waals surface area (Å²) in [7, 11) is 0. The zero-order valence-corrected chi connectivity index (χ0v) is 35.5. The van der Waals surface area contributed by atoms with E-state index in [0.717, 1.165) is 77.7 Å². The molecule has 2 N–H and O–H groups in total. The Morgan fingerprint density at radius 1 is 0.682 bits per heavy atom. The van der Waals surface area contributed by atoms with Crippen LogP contribution in [0.3, 0.4) is 0 Å². The molecule has 0 bridgehead atoms. The molecule has 2 spiro atoms. The highest BCUT2D eigenvalue weighted by atomic mass is 19.4. The van der Waals surface area contributed by atoms with Crippen LogP contribution in [0.2, 0.25) is 0 Å². The third-order valence-corrected chi connectivity index (χ3v) is 13.0. The molecule has 5 aromatic carbocycles. The van der Waals surface area contributed by atoms with Gasteiger partial charge < -0.3 is 34.3 Å². The van der Waals surface area contributed by atoms with E-state index >= 15 is 0 Å². The predicted octanol–water partition coefficient (Wildman–Crippen LogP) is 11.8. The first-order valence-electron chi connectivity index (χ1n) is 21.6. The molecule has 9 rings (SSSR count). The van der Waals surface area contributed by atoms with Crippen LogP contribution in [-0.4, -0.2) is 77.7 Å². The number of carbonyl (C=O) groups is 1. The average Bonchev–Trinajstić information content (AvgIpc) is 3.88. The second kappa shape index (κ2) is 19.0. The van der Waals surface area contributed by atoms with Crippen LogP contribution >= 0.6 is 0 Å². The van der Waals surface area contributed by atoms with Crippen molar-refractivity contribution >= 4 is 11.8 Å². The van der Waals surface area contributed by atoms with Gasteiger partial charge in [-0.2, -0.15) is 0 Å². The maximum atomic E-state index is 12.5. The van der Waals surface area contributed by atoms with E-state index in [1.54, 1.807) is 36.4 Å². The van der Waals surface area contributed by atoms with Crippen molar-refractivity contribution in [2.45, 2.75) is 80.4 Å². The molecule has 0 saturated carbocycles. The number of nitro groups is 1. The Kier molecular flexibility index (Phi) is 13.3. The maximum absolute atomic E-state index is 12.5. The first-order chi connectivity index (χ1) is 31.4. The fourth-order valence-corrected chi connectivity index (χ4v) is 9.62. The number of nitro benzene ring substituents is 1. The fourth-order valence-electron chi connectivity index (χ4n) is 9.62. The van der Waals surface area contributed by atoms with Gasteiger partial charge in [0.2, 0.25) is 0 Å². The Balaban J connectivity index is 0.000000182. The molecule has 3 atom stereocenters. The number of hydrogen-bond acceptors (Lipinski definition) is 8. The molecule has 66 heavy (non-hydrogen) atoms. The largest absolute Gasteiger partial charge is 0.573 e. The number of alkyl halides is 6. The molecule has 0 aromatic heterocycles. The zero-order chi connectivity index (χ0) is 46.7. The summed E-state index contributed by atoms with van der Waals surface area (Å²) < 4.78 is 95.3. The highest BCUT2D eigenvalue weighted by Crippen LogP contribution is 2.53. The summed E-state index contributed by atoms with van der Waals surface area (Å²) in [6.45, 7) is 3.27. The molecule has 4 heterocycles. The Morgan fingerprint density at radius 3 is 1.73 bits per heavy atom. The number of amides is 1. The van der Waals surface area contributed by atoms with Crippen molar-refractivity contribution in [3.05, 3.63) is 148 Å². The number of rotatable bonds is 8. The van der Waals surface area contributed by atoms with Crippen LogP contribution < -0.4 is 14.8 Å². The Morgan fingerprint density at radius 2 is 1.21 bits per heavy atom. The molecule has 11 nitrogen and oxygen atoms in total. The van der Waals surface area contributed by atoms with E-state index < -0.39 is 23.7 Å². The topological polar surface area (TPSA) is 133 Å². The molecular formula is C49H47F6N3O8. The van der Waals surface area contributed by atoms with E-state index in [-0.39, 0.29) is 46.3 Å². The van der Waals surface area contributed by atoms with Crippen molar-refractivity contribution in [1.82, 2.24) is 10.2 Å². The zero-order valence-electron chi connectivity index (χ0n) is 35.5. The van der Waals surface area contributed by atoms with E-state index in [0.29, 0.717) is 32.5 Å². The quantitative estimate of drug-likeness (QED) is 0.0887. The van der Waals surface area contributed by atoms with Gasteiger partial charge in [0.1, 0.15) is 11.5 Å². The second-order valence-electron chi connectivity index (χ2n) is 17.2. The normalized spacial score (nSPS) is 21.2. The molecule has 4 saturated heterocycles. The van der Waals surface area contributed by atoms with Crippen LogP contribution in [0.4, 0.5) is 36.8 Å². The average molecular weight is 920 g/mol. The van der Waals surface area contributed by atoms with Gasteiger partial charge in [0.05, 0.1) is 28.8 Å². The highest BCUT2D eigenvalue weighted by molar-refractivity contribution is 5.67. The Hall–Kier alpha value is -6.17. The monoisotopic (exact) mass is 919 g/mol. The number of likely N-dealkylation sites (tertiary alicyclic amines) is 1. The van der Waals surface area contributed by atoms with Gasteiger partial charge >= 0.3 is 18.8 Å². The van der Waals surface area contributed by atoms with Gasteiger partial charge in [-0.15, -0.1) is 26.3 Å². The fraction of sp³-hybridized carbons (Fsp3) is 0.367. The van der Waals surface area contributed by atoms with E-state index in [9.17, 15) is 41.3 Å². The van der Waals surface area contributed by atoms with Crippen molar-refractivity contribution in [3.63, 3.8) is 0 Å². The van der Waals surface area contributed by atoms with Crippen molar-refractivity contribution in [2.24, 2.45) is 0 Å². The van der Waals surface area contributed by atoms with Crippen LogP contribution in [0.15, 0.2) is 121 Å². The predicted molar refractivity (Wildman–Crippen MR) is 231 cm³/mol. The van der Waals surface area contributed by atoms with Crippen LogP contribution in [0.1, 0.15) is 73.2 Å². The van der Waals surface area contributed by atoms with Crippen molar-refractivity contribution < 1.29 is 60.1 Å². The van der Waals surface area contributed by atoms with Gasteiger partial charge in [0, 0.05) is 37.1 Å². The molecule has 4 fully saturated rings. The molecule has 0 radical (unpaired) electrons. The summed E-state index contributed by atoms with van der Waals surface area (Å²) >= 11 is 0. The number of piperidine rings is 2. The summed E-state index contributed by atoms with van der Waals surface area (Å²) in [6.07, 6.45) is -5.80. The van der Waals surface area contributed by atoms with Gasteiger partial charge in [-0.3, -0.25) is 10.1 Å². The first-order valence-corrected chi connectivity index (χ1v) is 21.6. The van der Waals surface area contributed by atoms with E-state index in [1.165, 1.54) is 41.3 Å². The molecule has 4 aliphatic rings. The summed E-state index contributed by atoms with van der Waals surface area (Å²) in [5.74, 6) is -0.287. The molecule has 348 valence electrons. The number of benzene rings is 5. The van der Waals surface area contributed by atoms with Crippen molar-refractivity contribution in [2.75, 3.05) is 32.8 Å². The van der Waals surface area contributed by atoms with Crippen LogP contribution in [0.5, 0.6) is 11.5 Å². The SMILES string of the molecule is O=C(O)N1CCC2(CC1)C[C@H](c1cccc(-c3ccc(OC(F)(F)F)cc3)c1)CO2.O=[N+]([O-])c1ccc(C2OC3(CCNCC3)C[C@@H]2c2cccc(-c3ccc(OC(F)(F)F)cc3)c2)cc1. The minimum absolute atomic E-state index is 0.0253. The lowest BCUT2D eigenvalue weighted by Gasteiger charge is -2.37. The van der Waals surface area contributed by atoms with Gasteiger partial charge in [-0.25, -0.2) is 4.79 Å². The number of ether oxygens (including phenoxy) is 4. The lowest BCUT2D eigenvalue weighted by atomic mass is 9.80. The second-order valence-corrected chi connectivity index (χ2v) is 17.2. The lowest BCUT2D eigenvalue weighted by Crippen LogP contribution is -2.45. The van der Waals surface area contributed by atoms with E-state index in [2.05, 4.69) is 14.8 Å². The number of hydrogen-bond donors (Lipinski definition) is 2. The smallest absolute Gasteiger partial charge is 0.465 e. The molecular weight excluding hydrogens is 873 g/mol.